The van der Waals surface area contributed by atoms with Crippen LogP contribution in [0.5, 0.6) is 0 Å². The quantitative estimate of drug-likeness (QED) is 0.208. The summed E-state index contributed by atoms with van der Waals surface area (Å²) in [6.07, 6.45) is 0.968. The van der Waals surface area contributed by atoms with E-state index in [0.29, 0.717) is 23.8 Å². The van der Waals surface area contributed by atoms with Gasteiger partial charge in [-0.15, -0.1) is 0 Å². The first-order valence-corrected chi connectivity index (χ1v) is 14.9. The fourth-order valence-electron chi connectivity index (χ4n) is 5.84. The van der Waals surface area contributed by atoms with Crippen molar-refractivity contribution < 1.29 is 9.53 Å². The number of amidine groups is 2. The summed E-state index contributed by atoms with van der Waals surface area (Å²) in [6, 6.07) is 34.1. The van der Waals surface area contributed by atoms with Crippen LogP contribution in [0.15, 0.2) is 113 Å². The average molecular weight is 581 g/mol. The smallest absolute Gasteiger partial charge is 0.338 e. The molecule has 0 spiro atoms. The van der Waals surface area contributed by atoms with E-state index in [1.807, 2.05) is 65.3 Å². The lowest BCUT2D eigenvalue weighted by Crippen LogP contribution is -2.46. The first-order valence-electron chi connectivity index (χ1n) is 14.9. The molecule has 8 nitrogen and oxygen atoms in total. The van der Waals surface area contributed by atoms with Crippen LogP contribution in [-0.4, -0.2) is 34.0 Å². The molecule has 0 aliphatic carbocycles. The number of para-hydroxylation sites is 3. The molecule has 0 amide bonds. The lowest BCUT2D eigenvalue weighted by molar-refractivity contribution is 0.0526. The van der Waals surface area contributed by atoms with Crippen molar-refractivity contribution in [2.24, 2.45) is 9.98 Å². The van der Waals surface area contributed by atoms with Crippen LogP contribution in [0.25, 0.3) is 5.69 Å². The normalized spacial score (nSPS) is 15.0. The molecule has 7 rings (SSSR count). The number of carbonyl (C=O) groups excluding carboxylic acids is 1. The summed E-state index contributed by atoms with van der Waals surface area (Å²) in [5.41, 5.74) is 8.41. The molecular weight excluding hydrogens is 548 g/mol. The van der Waals surface area contributed by atoms with Crippen molar-refractivity contribution in [1.82, 2.24) is 9.78 Å². The van der Waals surface area contributed by atoms with Gasteiger partial charge in [0.05, 0.1) is 41.0 Å². The van der Waals surface area contributed by atoms with Gasteiger partial charge in [0.1, 0.15) is 0 Å². The summed E-state index contributed by atoms with van der Waals surface area (Å²) in [5.74, 6) is 1.72. The van der Waals surface area contributed by atoms with Gasteiger partial charge in [0.2, 0.25) is 0 Å². The Labute approximate surface area is 256 Å². The minimum Gasteiger partial charge on any atom is -0.462 e. The molecule has 1 N–H and O–H groups in total. The second-order valence-electron chi connectivity index (χ2n) is 10.7. The van der Waals surface area contributed by atoms with Crippen LogP contribution in [0.3, 0.4) is 0 Å². The van der Waals surface area contributed by atoms with Crippen molar-refractivity contribution in [1.29, 1.82) is 0 Å². The molecule has 44 heavy (non-hydrogen) atoms. The zero-order chi connectivity index (χ0) is 30.2. The number of aromatic nitrogens is 2. The van der Waals surface area contributed by atoms with Crippen LogP contribution >= 0.6 is 0 Å². The molecule has 3 heterocycles. The van der Waals surface area contributed by atoms with Gasteiger partial charge in [-0.2, -0.15) is 5.10 Å². The van der Waals surface area contributed by atoms with Gasteiger partial charge in [-0.3, -0.25) is 0 Å². The summed E-state index contributed by atoms with van der Waals surface area (Å²) in [7, 11) is 0. The second-order valence-corrected chi connectivity index (χ2v) is 10.7. The van der Waals surface area contributed by atoms with Crippen LogP contribution in [0, 0.1) is 6.92 Å². The van der Waals surface area contributed by atoms with E-state index >= 15 is 0 Å². The SMILES string of the molecule is CCOC(=O)c1ccc(NC2=Nc3ccccc3N3C2=Nc2c(c(C)nn2-c2ccccc2)C3c2ccc(CC)cc2)cc1. The lowest BCUT2D eigenvalue weighted by atomic mass is 9.92. The highest BCUT2D eigenvalue weighted by Crippen LogP contribution is 2.48. The van der Waals surface area contributed by atoms with E-state index in [9.17, 15) is 4.79 Å². The van der Waals surface area contributed by atoms with Crippen molar-refractivity contribution in [2.75, 3.05) is 16.8 Å². The number of aliphatic imine (C=N–C) groups is 2. The van der Waals surface area contributed by atoms with E-state index < -0.39 is 0 Å². The molecule has 1 unspecified atom stereocenters. The predicted octanol–water partition coefficient (Wildman–Crippen LogP) is 7.72. The Balaban J connectivity index is 1.41. The number of esters is 1. The van der Waals surface area contributed by atoms with Crippen LogP contribution in [0.1, 0.15) is 52.6 Å². The first kappa shape index (κ1) is 27.3. The van der Waals surface area contributed by atoms with Crippen LogP contribution < -0.4 is 10.2 Å². The highest BCUT2D eigenvalue weighted by Gasteiger charge is 2.41. The Morgan fingerprint density at radius 3 is 2.32 bits per heavy atom. The second kappa shape index (κ2) is 11.3. The van der Waals surface area contributed by atoms with Crippen molar-refractivity contribution in [3.8, 4) is 5.69 Å². The first-order chi connectivity index (χ1) is 21.6. The molecule has 5 aromatic rings. The van der Waals surface area contributed by atoms with Crippen molar-refractivity contribution in [2.45, 2.75) is 33.2 Å². The lowest BCUT2D eigenvalue weighted by Gasteiger charge is -2.40. The molecular formula is C36H32N6O2. The maximum absolute atomic E-state index is 12.2. The molecule has 0 bridgehead atoms. The number of nitrogens with zero attached hydrogens (tertiary/aromatic N) is 5. The maximum atomic E-state index is 12.2. The van der Waals surface area contributed by atoms with E-state index in [0.717, 1.165) is 51.8 Å². The largest absolute Gasteiger partial charge is 0.462 e. The fourth-order valence-corrected chi connectivity index (χ4v) is 5.84. The fraction of sp³-hybridized carbons (Fsp3) is 0.167. The molecule has 218 valence electrons. The Hall–Kier alpha value is -5.50. The van der Waals surface area contributed by atoms with Crippen molar-refractivity contribution in [3.63, 3.8) is 0 Å². The third-order valence-electron chi connectivity index (χ3n) is 8.00. The van der Waals surface area contributed by atoms with Gasteiger partial charge in [0.25, 0.3) is 0 Å². The van der Waals surface area contributed by atoms with Crippen molar-refractivity contribution >= 4 is 40.5 Å². The number of anilines is 2. The number of benzene rings is 4. The highest BCUT2D eigenvalue weighted by molar-refractivity contribution is 6.51. The standard InChI is InChI=1S/C36H32N6O2/c1-4-24-15-17-25(18-16-24)32-31-23(3)40-42(28-11-7-6-8-12-28)34(31)39-35-33(38-29-13-9-10-14-30(29)41(32)35)37-27-21-19-26(20-22-27)36(43)44-5-2/h6-22,32H,4-5H2,1-3H3,(H,37,38). The molecule has 2 aliphatic rings. The Morgan fingerprint density at radius 2 is 1.59 bits per heavy atom. The van der Waals surface area contributed by atoms with Gasteiger partial charge in [-0.1, -0.05) is 61.5 Å². The summed E-state index contributed by atoms with van der Waals surface area (Å²) >= 11 is 0. The van der Waals surface area contributed by atoms with Gasteiger partial charge < -0.3 is 15.0 Å². The third kappa shape index (κ3) is 4.74. The molecule has 8 heteroatoms. The number of ether oxygens (including phenoxy) is 1. The number of hydrogen-bond acceptors (Lipinski definition) is 7. The van der Waals surface area contributed by atoms with Crippen LogP contribution in [-0.2, 0) is 11.2 Å². The molecule has 0 fully saturated rings. The van der Waals surface area contributed by atoms with Gasteiger partial charge in [0, 0.05) is 11.3 Å². The minimum atomic E-state index is -0.347. The van der Waals surface area contributed by atoms with Gasteiger partial charge in [-0.05, 0) is 79.9 Å². The Morgan fingerprint density at radius 1 is 0.864 bits per heavy atom. The Bertz CT molecular complexity index is 1910. The van der Waals surface area contributed by atoms with Gasteiger partial charge in [-0.25, -0.2) is 19.5 Å². The van der Waals surface area contributed by atoms with E-state index in [-0.39, 0.29) is 12.0 Å². The molecule has 0 saturated heterocycles. The molecule has 2 aliphatic heterocycles. The molecule has 0 radical (unpaired) electrons. The monoisotopic (exact) mass is 580 g/mol. The van der Waals surface area contributed by atoms with E-state index in [2.05, 4.69) is 54.4 Å². The van der Waals surface area contributed by atoms with E-state index in [1.165, 1.54) is 5.56 Å². The van der Waals surface area contributed by atoms with Crippen LogP contribution in [0.4, 0.5) is 22.9 Å². The number of carbonyl (C=O) groups is 1. The zero-order valence-electron chi connectivity index (χ0n) is 24.9. The third-order valence-corrected chi connectivity index (χ3v) is 8.00. The number of fused-ring (bicyclic) bond motifs is 4. The summed E-state index contributed by atoms with van der Waals surface area (Å²) in [4.78, 5) is 24.9. The number of hydrogen-bond donors (Lipinski definition) is 1. The van der Waals surface area contributed by atoms with Crippen molar-refractivity contribution in [3.05, 3.63) is 131 Å². The minimum absolute atomic E-state index is 0.194. The molecule has 0 saturated carbocycles. The summed E-state index contributed by atoms with van der Waals surface area (Å²) < 4.78 is 7.09. The van der Waals surface area contributed by atoms with E-state index in [1.54, 1.807) is 19.1 Å². The molecule has 1 atom stereocenters. The number of nitrogens with one attached hydrogen (secondary N) is 1. The predicted molar refractivity (Wildman–Crippen MR) is 175 cm³/mol. The number of rotatable bonds is 6. The Kier molecular flexibility index (Phi) is 7.02. The highest BCUT2D eigenvalue weighted by atomic mass is 16.5. The summed E-state index contributed by atoms with van der Waals surface area (Å²) in [6.45, 7) is 6.35. The van der Waals surface area contributed by atoms with E-state index in [4.69, 9.17) is 19.8 Å². The molecule has 4 aromatic carbocycles. The van der Waals surface area contributed by atoms with Crippen LogP contribution in [0.2, 0.25) is 0 Å². The molecule has 1 aromatic heterocycles. The average Bonchev–Trinajstić information content (AvgIpc) is 3.40. The van der Waals surface area contributed by atoms with Gasteiger partial charge >= 0.3 is 5.97 Å². The maximum Gasteiger partial charge on any atom is 0.338 e. The number of aryl methyl sites for hydroxylation is 2. The zero-order valence-corrected chi connectivity index (χ0v) is 24.9. The topological polar surface area (TPSA) is 84.1 Å². The van der Waals surface area contributed by atoms with Gasteiger partial charge in [0.15, 0.2) is 17.5 Å². The summed E-state index contributed by atoms with van der Waals surface area (Å²) in [5, 5.41) is 8.52.